The Morgan fingerprint density at radius 2 is 1.44 bits per heavy atom. The molecule has 1 aromatic heterocycles. The lowest BCUT2D eigenvalue weighted by molar-refractivity contribution is 0.555. The van der Waals surface area contributed by atoms with Gasteiger partial charge in [0.25, 0.3) is 0 Å². The quantitative estimate of drug-likeness (QED) is 0.504. The van der Waals surface area contributed by atoms with Crippen LogP contribution in [0, 0.1) is 6.92 Å². The van der Waals surface area contributed by atoms with Crippen molar-refractivity contribution in [2.75, 3.05) is 5.32 Å². The van der Waals surface area contributed by atoms with Crippen molar-refractivity contribution < 1.29 is 4.42 Å². The molecule has 4 aromatic rings. The summed E-state index contributed by atoms with van der Waals surface area (Å²) in [6, 6.07) is 26.1. The number of fused-ring (bicyclic) bond motifs is 1. The highest BCUT2D eigenvalue weighted by atomic mass is 16.4. The SMILES string of the molecule is Cc1cc2ccc(Nc3ccc(-c4ccccc4)cc3)cc2oc1=O. The summed E-state index contributed by atoms with van der Waals surface area (Å²) in [4.78, 5) is 11.7. The number of aryl methyl sites for hydroxylation is 1. The summed E-state index contributed by atoms with van der Waals surface area (Å²) >= 11 is 0. The highest BCUT2D eigenvalue weighted by molar-refractivity contribution is 5.82. The molecule has 25 heavy (non-hydrogen) atoms. The molecule has 3 aromatic carbocycles. The van der Waals surface area contributed by atoms with Crippen LogP contribution in [0.3, 0.4) is 0 Å². The number of nitrogens with one attached hydrogen (secondary N) is 1. The van der Waals surface area contributed by atoms with Gasteiger partial charge in [0.2, 0.25) is 0 Å². The molecule has 0 unspecified atom stereocenters. The van der Waals surface area contributed by atoms with E-state index in [1.807, 2.05) is 54.6 Å². The summed E-state index contributed by atoms with van der Waals surface area (Å²) in [6.07, 6.45) is 0. The van der Waals surface area contributed by atoms with E-state index in [2.05, 4.69) is 29.6 Å². The van der Waals surface area contributed by atoms with Crippen molar-refractivity contribution >= 4 is 22.3 Å². The van der Waals surface area contributed by atoms with E-state index in [4.69, 9.17) is 4.42 Å². The van der Waals surface area contributed by atoms with Crippen LogP contribution in [0.1, 0.15) is 5.56 Å². The molecule has 3 heteroatoms. The number of hydrogen-bond donors (Lipinski definition) is 1. The van der Waals surface area contributed by atoms with Crippen LogP contribution in [-0.2, 0) is 0 Å². The Kier molecular flexibility index (Phi) is 3.82. The van der Waals surface area contributed by atoms with E-state index < -0.39 is 0 Å². The van der Waals surface area contributed by atoms with Gasteiger partial charge in [-0.2, -0.15) is 0 Å². The van der Waals surface area contributed by atoms with Gasteiger partial charge in [-0.3, -0.25) is 0 Å². The van der Waals surface area contributed by atoms with Gasteiger partial charge in [-0.1, -0.05) is 42.5 Å². The minimum atomic E-state index is -0.295. The maximum Gasteiger partial charge on any atom is 0.339 e. The molecule has 0 radical (unpaired) electrons. The van der Waals surface area contributed by atoms with Crippen molar-refractivity contribution in [1.29, 1.82) is 0 Å². The third-order valence-electron chi connectivity index (χ3n) is 4.19. The number of hydrogen-bond acceptors (Lipinski definition) is 3. The summed E-state index contributed by atoms with van der Waals surface area (Å²) in [5.41, 5.74) is 5.13. The molecular formula is C22H17NO2. The van der Waals surface area contributed by atoms with Crippen molar-refractivity contribution in [3.8, 4) is 11.1 Å². The van der Waals surface area contributed by atoms with Crippen molar-refractivity contribution in [1.82, 2.24) is 0 Å². The summed E-state index contributed by atoms with van der Waals surface area (Å²) < 4.78 is 5.35. The topological polar surface area (TPSA) is 42.2 Å². The Hall–Kier alpha value is -3.33. The van der Waals surface area contributed by atoms with Crippen molar-refractivity contribution in [3.63, 3.8) is 0 Å². The fourth-order valence-corrected chi connectivity index (χ4v) is 2.84. The lowest BCUT2D eigenvalue weighted by Gasteiger charge is -2.09. The van der Waals surface area contributed by atoms with Gasteiger partial charge in [0, 0.05) is 28.4 Å². The van der Waals surface area contributed by atoms with Gasteiger partial charge in [0.1, 0.15) is 5.58 Å². The minimum absolute atomic E-state index is 0.295. The molecule has 1 heterocycles. The fraction of sp³-hybridized carbons (Fsp3) is 0.0455. The van der Waals surface area contributed by atoms with E-state index in [9.17, 15) is 4.79 Å². The van der Waals surface area contributed by atoms with E-state index in [0.29, 0.717) is 11.1 Å². The maximum atomic E-state index is 11.7. The van der Waals surface area contributed by atoms with Gasteiger partial charge in [0.15, 0.2) is 0 Å². The molecule has 0 saturated heterocycles. The van der Waals surface area contributed by atoms with Crippen LogP contribution in [0.25, 0.3) is 22.1 Å². The molecule has 0 aliphatic heterocycles. The third kappa shape index (κ3) is 3.17. The van der Waals surface area contributed by atoms with Crippen LogP contribution in [0.5, 0.6) is 0 Å². The molecule has 0 aliphatic rings. The molecule has 0 aliphatic carbocycles. The maximum absolute atomic E-state index is 11.7. The van der Waals surface area contributed by atoms with Crippen LogP contribution in [0.4, 0.5) is 11.4 Å². The average molecular weight is 327 g/mol. The van der Waals surface area contributed by atoms with Crippen LogP contribution < -0.4 is 10.9 Å². The molecule has 122 valence electrons. The lowest BCUT2D eigenvalue weighted by atomic mass is 10.1. The van der Waals surface area contributed by atoms with Crippen LogP contribution in [-0.4, -0.2) is 0 Å². The Morgan fingerprint density at radius 1 is 0.760 bits per heavy atom. The Bertz CT molecular complexity index is 1080. The zero-order chi connectivity index (χ0) is 17.2. The second-order valence-electron chi connectivity index (χ2n) is 6.04. The first-order valence-corrected chi connectivity index (χ1v) is 8.16. The Labute approximate surface area is 145 Å². The number of benzene rings is 3. The number of anilines is 2. The summed E-state index contributed by atoms with van der Waals surface area (Å²) in [5.74, 6) is 0. The first kappa shape index (κ1) is 15.2. The van der Waals surface area contributed by atoms with Crippen LogP contribution >= 0.6 is 0 Å². The van der Waals surface area contributed by atoms with Gasteiger partial charge < -0.3 is 9.73 Å². The Morgan fingerprint density at radius 3 is 2.20 bits per heavy atom. The molecule has 3 nitrogen and oxygen atoms in total. The predicted molar refractivity (Wildman–Crippen MR) is 102 cm³/mol. The van der Waals surface area contributed by atoms with E-state index in [1.54, 1.807) is 6.92 Å². The standard InChI is InChI=1S/C22H17NO2/c1-15-13-18-9-12-20(14-21(18)25-22(15)24)23-19-10-7-17(8-11-19)16-5-3-2-4-6-16/h2-14,23H,1H3. The summed E-state index contributed by atoms with van der Waals surface area (Å²) in [6.45, 7) is 1.76. The zero-order valence-corrected chi connectivity index (χ0v) is 13.8. The van der Waals surface area contributed by atoms with E-state index >= 15 is 0 Å². The average Bonchev–Trinajstić information content (AvgIpc) is 2.64. The normalized spacial score (nSPS) is 10.8. The van der Waals surface area contributed by atoms with Gasteiger partial charge in [0.05, 0.1) is 0 Å². The molecule has 0 saturated carbocycles. The summed E-state index contributed by atoms with van der Waals surface area (Å²) in [7, 11) is 0. The molecule has 0 spiro atoms. The molecule has 4 rings (SSSR count). The zero-order valence-electron chi connectivity index (χ0n) is 13.8. The van der Waals surface area contributed by atoms with Crippen LogP contribution in [0.15, 0.2) is 88.1 Å². The highest BCUT2D eigenvalue weighted by Gasteiger charge is 2.03. The molecule has 0 bridgehead atoms. The second kappa shape index (κ2) is 6.29. The van der Waals surface area contributed by atoms with E-state index in [1.165, 1.54) is 11.1 Å². The van der Waals surface area contributed by atoms with Gasteiger partial charge >= 0.3 is 5.63 Å². The third-order valence-corrected chi connectivity index (χ3v) is 4.19. The minimum Gasteiger partial charge on any atom is -0.422 e. The molecule has 1 N–H and O–H groups in total. The van der Waals surface area contributed by atoms with E-state index in [0.717, 1.165) is 16.8 Å². The molecular weight excluding hydrogens is 310 g/mol. The molecule has 0 amide bonds. The van der Waals surface area contributed by atoms with Crippen molar-refractivity contribution in [3.05, 3.63) is 94.8 Å². The van der Waals surface area contributed by atoms with Gasteiger partial charge in [-0.05, 0) is 48.4 Å². The first-order valence-electron chi connectivity index (χ1n) is 8.16. The highest BCUT2D eigenvalue weighted by Crippen LogP contribution is 2.25. The summed E-state index contributed by atoms with van der Waals surface area (Å²) in [5, 5.41) is 4.27. The van der Waals surface area contributed by atoms with Gasteiger partial charge in [-0.25, -0.2) is 4.79 Å². The van der Waals surface area contributed by atoms with Crippen molar-refractivity contribution in [2.24, 2.45) is 0 Å². The lowest BCUT2D eigenvalue weighted by Crippen LogP contribution is -2.02. The second-order valence-corrected chi connectivity index (χ2v) is 6.04. The van der Waals surface area contributed by atoms with E-state index in [-0.39, 0.29) is 5.63 Å². The molecule has 0 atom stereocenters. The molecule has 0 fully saturated rings. The number of rotatable bonds is 3. The van der Waals surface area contributed by atoms with Crippen LogP contribution in [0.2, 0.25) is 0 Å². The van der Waals surface area contributed by atoms with Crippen molar-refractivity contribution in [2.45, 2.75) is 6.92 Å². The predicted octanol–water partition coefficient (Wildman–Crippen LogP) is 5.51. The Balaban J connectivity index is 1.60. The largest absolute Gasteiger partial charge is 0.422 e. The smallest absolute Gasteiger partial charge is 0.339 e. The fourth-order valence-electron chi connectivity index (χ4n) is 2.84. The monoisotopic (exact) mass is 327 g/mol. The van der Waals surface area contributed by atoms with Gasteiger partial charge in [-0.15, -0.1) is 0 Å². The first-order chi connectivity index (χ1) is 12.2.